The predicted molar refractivity (Wildman–Crippen MR) is 85.3 cm³/mol. The van der Waals surface area contributed by atoms with Gasteiger partial charge in [-0.1, -0.05) is 12.1 Å². The van der Waals surface area contributed by atoms with Gasteiger partial charge in [-0.15, -0.1) is 0 Å². The summed E-state index contributed by atoms with van der Waals surface area (Å²) in [6.07, 6.45) is -0.339. The summed E-state index contributed by atoms with van der Waals surface area (Å²) >= 11 is 0. The Bertz CT molecular complexity index is 927. The van der Waals surface area contributed by atoms with Crippen LogP contribution >= 0.6 is 0 Å². The number of sulfone groups is 1. The van der Waals surface area contributed by atoms with E-state index in [1.54, 1.807) is 6.92 Å². The zero-order valence-corrected chi connectivity index (χ0v) is 14.3. The second-order valence-corrected chi connectivity index (χ2v) is 7.02. The molecule has 0 bridgehead atoms. The highest BCUT2D eigenvalue weighted by molar-refractivity contribution is 7.92. The van der Waals surface area contributed by atoms with Crippen molar-refractivity contribution in [3.63, 3.8) is 0 Å². The fourth-order valence-corrected chi connectivity index (χ4v) is 3.57. The van der Waals surface area contributed by atoms with E-state index in [1.165, 1.54) is 25.3 Å². The number of carboxylic acid groups (broad SMARTS) is 1. The van der Waals surface area contributed by atoms with E-state index in [2.05, 4.69) is 15.0 Å². The van der Waals surface area contributed by atoms with Crippen LogP contribution in [0, 0.1) is 6.92 Å². The number of aromatic nitrogens is 3. The molecule has 2 aromatic rings. The van der Waals surface area contributed by atoms with E-state index in [4.69, 9.17) is 9.84 Å². The molecule has 9 nitrogen and oxygen atoms in total. The molecule has 1 aromatic heterocycles. The summed E-state index contributed by atoms with van der Waals surface area (Å²) in [5.74, 6) is -2.51. The van der Waals surface area contributed by atoms with Crippen molar-refractivity contribution in [2.75, 3.05) is 12.9 Å². The number of ketones is 1. The molecule has 25 heavy (non-hydrogen) atoms. The van der Waals surface area contributed by atoms with Gasteiger partial charge >= 0.3 is 12.0 Å². The third kappa shape index (κ3) is 4.57. The van der Waals surface area contributed by atoms with Gasteiger partial charge in [0.2, 0.25) is 0 Å². The van der Waals surface area contributed by atoms with Crippen molar-refractivity contribution < 1.29 is 27.9 Å². The topological polar surface area (TPSA) is 136 Å². The SMILES string of the molecule is COc1nc(C)nc(CC(=O)CS(=O)(=O)c2ccccc2C(=O)O)n1. The molecule has 0 aliphatic carbocycles. The molecule has 132 valence electrons. The van der Waals surface area contributed by atoms with Crippen LogP contribution in [0.15, 0.2) is 29.2 Å². The summed E-state index contributed by atoms with van der Waals surface area (Å²) in [6.45, 7) is 1.58. The maximum absolute atomic E-state index is 12.4. The number of ether oxygens (including phenoxy) is 1. The fourth-order valence-electron chi connectivity index (χ4n) is 2.11. The minimum Gasteiger partial charge on any atom is -0.478 e. The molecule has 0 amide bonds. The maximum atomic E-state index is 12.4. The van der Waals surface area contributed by atoms with Crippen LogP contribution in [0.3, 0.4) is 0 Å². The monoisotopic (exact) mass is 365 g/mol. The van der Waals surface area contributed by atoms with E-state index in [1.807, 2.05) is 0 Å². The van der Waals surface area contributed by atoms with E-state index in [0.717, 1.165) is 6.07 Å². The zero-order valence-electron chi connectivity index (χ0n) is 13.5. The molecule has 0 radical (unpaired) electrons. The van der Waals surface area contributed by atoms with Gasteiger partial charge < -0.3 is 9.84 Å². The average molecular weight is 365 g/mol. The second-order valence-electron chi connectivity index (χ2n) is 5.06. The van der Waals surface area contributed by atoms with E-state index >= 15 is 0 Å². The van der Waals surface area contributed by atoms with Gasteiger partial charge in [-0.25, -0.2) is 18.2 Å². The molecule has 0 fully saturated rings. The van der Waals surface area contributed by atoms with Crippen molar-refractivity contribution in [1.82, 2.24) is 15.0 Å². The normalized spacial score (nSPS) is 11.1. The molecule has 0 aliphatic rings. The zero-order chi connectivity index (χ0) is 18.6. The molecular weight excluding hydrogens is 350 g/mol. The van der Waals surface area contributed by atoms with Crippen molar-refractivity contribution >= 4 is 21.6 Å². The smallest absolute Gasteiger partial charge is 0.337 e. The summed E-state index contributed by atoms with van der Waals surface area (Å²) in [6, 6.07) is 5.14. The highest BCUT2D eigenvalue weighted by atomic mass is 32.2. The Hall–Kier alpha value is -2.88. The Morgan fingerprint density at radius 2 is 1.84 bits per heavy atom. The fraction of sp³-hybridized carbons (Fsp3) is 0.267. The Kier molecular flexibility index (Phi) is 5.42. The molecule has 0 spiro atoms. The Balaban J connectivity index is 2.23. The van der Waals surface area contributed by atoms with Crippen molar-refractivity contribution in [2.24, 2.45) is 0 Å². The second kappa shape index (κ2) is 7.34. The van der Waals surface area contributed by atoms with E-state index in [9.17, 15) is 18.0 Å². The van der Waals surface area contributed by atoms with Gasteiger partial charge in [-0.2, -0.15) is 9.97 Å². The summed E-state index contributed by atoms with van der Waals surface area (Å²) < 4.78 is 29.6. The molecule has 1 heterocycles. The van der Waals surface area contributed by atoms with Crippen molar-refractivity contribution in [3.8, 4) is 6.01 Å². The number of carboxylic acids is 1. The van der Waals surface area contributed by atoms with Crippen molar-refractivity contribution in [3.05, 3.63) is 41.5 Å². The summed E-state index contributed by atoms with van der Waals surface area (Å²) in [7, 11) is -2.76. The largest absolute Gasteiger partial charge is 0.478 e. The van der Waals surface area contributed by atoms with Crippen LogP contribution in [0.25, 0.3) is 0 Å². The lowest BCUT2D eigenvalue weighted by Crippen LogP contribution is -2.21. The number of hydrogen-bond acceptors (Lipinski definition) is 8. The maximum Gasteiger partial charge on any atom is 0.337 e. The Labute approximate surface area is 143 Å². The lowest BCUT2D eigenvalue weighted by atomic mass is 10.2. The third-order valence-electron chi connectivity index (χ3n) is 3.11. The Morgan fingerprint density at radius 1 is 1.16 bits per heavy atom. The van der Waals surface area contributed by atoms with E-state index in [0.29, 0.717) is 5.82 Å². The number of carbonyl (C=O) groups excluding carboxylic acids is 1. The first-order valence-electron chi connectivity index (χ1n) is 7.05. The molecule has 0 atom stereocenters. The lowest BCUT2D eigenvalue weighted by molar-refractivity contribution is -0.116. The number of carbonyl (C=O) groups is 2. The molecule has 0 aliphatic heterocycles. The van der Waals surface area contributed by atoms with Gasteiger partial charge in [0.05, 0.1) is 24.0 Å². The van der Waals surface area contributed by atoms with Gasteiger partial charge in [-0.05, 0) is 19.1 Å². The first-order valence-corrected chi connectivity index (χ1v) is 8.70. The van der Waals surface area contributed by atoms with Crippen molar-refractivity contribution in [1.29, 1.82) is 0 Å². The summed E-state index contributed by atoms with van der Waals surface area (Å²) in [5, 5.41) is 9.10. The Morgan fingerprint density at radius 3 is 2.48 bits per heavy atom. The highest BCUT2D eigenvalue weighted by Gasteiger charge is 2.25. The standard InChI is InChI=1S/C15H15N3O6S/c1-9-16-13(18-15(17-9)24-2)7-10(19)8-25(22,23)12-6-4-3-5-11(12)14(20)21/h3-6H,7-8H2,1-2H3,(H,20,21). The van der Waals surface area contributed by atoms with Crippen LogP contribution in [0.1, 0.15) is 22.0 Å². The number of hydrogen-bond donors (Lipinski definition) is 1. The molecule has 0 saturated heterocycles. The van der Waals surface area contributed by atoms with Gasteiger partial charge in [0, 0.05) is 0 Å². The van der Waals surface area contributed by atoms with Gasteiger partial charge in [0.25, 0.3) is 0 Å². The highest BCUT2D eigenvalue weighted by Crippen LogP contribution is 2.17. The van der Waals surface area contributed by atoms with Crippen LogP contribution in [-0.2, 0) is 21.1 Å². The molecule has 1 aromatic carbocycles. The van der Waals surface area contributed by atoms with Crippen LogP contribution < -0.4 is 4.74 Å². The van der Waals surface area contributed by atoms with Crippen molar-refractivity contribution in [2.45, 2.75) is 18.2 Å². The first kappa shape index (κ1) is 18.5. The average Bonchev–Trinajstić information content (AvgIpc) is 2.53. The third-order valence-corrected chi connectivity index (χ3v) is 4.84. The number of nitrogens with zero attached hydrogens (tertiary/aromatic N) is 3. The van der Waals surface area contributed by atoms with Gasteiger partial charge in [0.1, 0.15) is 17.4 Å². The van der Waals surface area contributed by atoms with Gasteiger partial charge in [-0.3, -0.25) is 4.79 Å². The van der Waals surface area contributed by atoms with Crippen LogP contribution in [-0.4, -0.2) is 53.1 Å². The molecule has 1 N–H and O–H groups in total. The number of aryl methyl sites for hydroxylation is 1. The summed E-state index contributed by atoms with van der Waals surface area (Å²) in [4.78, 5) is 34.6. The number of benzene rings is 1. The molecule has 10 heteroatoms. The van der Waals surface area contributed by atoms with Crippen LogP contribution in [0.4, 0.5) is 0 Å². The minimum absolute atomic E-state index is 0.0226. The lowest BCUT2D eigenvalue weighted by Gasteiger charge is -2.07. The molecule has 2 rings (SSSR count). The predicted octanol–water partition coefficient (Wildman–Crippen LogP) is 0.472. The van der Waals surface area contributed by atoms with Gasteiger partial charge in [0.15, 0.2) is 15.6 Å². The van der Waals surface area contributed by atoms with Crippen LogP contribution in [0.5, 0.6) is 6.01 Å². The number of aromatic carboxylic acids is 1. The number of rotatable bonds is 7. The number of methoxy groups -OCH3 is 1. The molecule has 0 saturated carbocycles. The number of Topliss-reactive ketones (excluding diaryl/α,β-unsaturated/α-hetero) is 1. The van der Waals surface area contributed by atoms with Crippen LogP contribution in [0.2, 0.25) is 0 Å². The minimum atomic E-state index is -4.11. The summed E-state index contributed by atoms with van der Waals surface area (Å²) in [5.41, 5.74) is -0.382. The molecular formula is C15H15N3O6S. The molecule has 0 unspecified atom stereocenters. The first-order chi connectivity index (χ1) is 11.7. The van der Waals surface area contributed by atoms with E-state index in [-0.39, 0.29) is 23.8 Å². The van der Waals surface area contributed by atoms with E-state index < -0.39 is 32.2 Å². The quantitative estimate of drug-likeness (QED) is 0.742.